The van der Waals surface area contributed by atoms with Crippen LogP contribution < -0.4 is 0 Å². The van der Waals surface area contributed by atoms with E-state index in [9.17, 15) is 0 Å². The first-order valence-corrected chi connectivity index (χ1v) is 2.12. The second-order valence-corrected chi connectivity index (χ2v) is 1.29. The molecule has 0 aliphatic heterocycles. The fourth-order valence-corrected chi connectivity index (χ4v) is 0.357. The van der Waals surface area contributed by atoms with Crippen molar-refractivity contribution >= 4 is 11.6 Å². The Kier molecular flexibility index (Phi) is 4.54. The van der Waals surface area contributed by atoms with Gasteiger partial charge in [-0.3, -0.25) is 0 Å². The van der Waals surface area contributed by atoms with E-state index in [1.165, 1.54) is 6.20 Å². The van der Waals surface area contributed by atoms with Crippen LogP contribution in [-0.4, -0.2) is 9.97 Å². The van der Waals surface area contributed by atoms with Gasteiger partial charge in [0.25, 0.3) is 0 Å². The largest absolute Gasteiger partial charge is 0.359 e. The molecular formula is C4H2ClN2U-. The Morgan fingerprint density at radius 3 is 2.62 bits per heavy atom. The molecule has 0 radical (unpaired) electrons. The monoisotopic (exact) mass is 351 g/mol. The van der Waals surface area contributed by atoms with E-state index in [0.717, 1.165) is 0 Å². The van der Waals surface area contributed by atoms with Crippen molar-refractivity contribution in [2.24, 2.45) is 0 Å². The van der Waals surface area contributed by atoms with E-state index < -0.39 is 0 Å². The summed E-state index contributed by atoms with van der Waals surface area (Å²) in [5, 5.41) is 0.238. The summed E-state index contributed by atoms with van der Waals surface area (Å²) >= 11 is 5.29. The van der Waals surface area contributed by atoms with E-state index in [4.69, 9.17) is 11.6 Å². The van der Waals surface area contributed by atoms with E-state index in [1.54, 1.807) is 6.07 Å². The topological polar surface area (TPSA) is 25.8 Å². The molecule has 2 nitrogen and oxygen atoms in total. The molecule has 0 aromatic carbocycles. The summed E-state index contributed by atoms with van der Waals surface area (Å²) in [5.41, 5.74) is 0. The summed E-state index contributed by atoms with van der Waals surface area (Å²) in [6.45, 7) is 0. The van der Waals surface area contributed by atoms with Crippen LogP contribution in [0.1, 0.15) is 0 Å². The third-order valence-corrected chi connectivity index (χ3v) is 0.669. The third-order valence-electron chi connectivity index (χ3n) is 0.487. The predicted octanol–water partition coefficient (Wildman–Crippen LogP) is 0.930. The van der Waals surface area contributed by atoms with E-state index in [0.29, 0.717) is 0 Å². The van der Waals surface area contributed by atoms with Gasteiger partial charge in [0, 0.05) is 31.1 Å². The molecule has 40 valence electrons. The zero-order chi connectivity index (χ0) is 5.11. The maximum atomic E-state index is 5.29. The van der Waals surface area contributed by atoms with Gasteiger partial charge in [-0.2, -0.15) is 0 Å². The molecule has 0 fully saturated rings. The molecule has 1 aromatic heterocycles. The van der Waals surface area contributed by atoms with Gasteiger partial charge in [0.1, 0.15) is 5.28 Å². The summed E-state index contributed by atoms with van der Waals surface area (Å²) in [7, 11) is 0. The Hall–Kier alpha value is 0.422. The minimum atomic E-state index is 0. The molecular weight excluding hydrogens is 350 g/mol. The van der Waals surface area contributed by atoms with Crippen LogP contribution in [0, 0.1) is 37.3 Å². The molecule has 0 unspecified atom stereocenters. The van der Waals surface area contributed by atoms with Gasteiger partial charge in [0.05, 0.1) is 0 Å². The van der Waals surface area contributed by atoms with Gasteiger partial charge < -0.3 is 9.97 Å². The second kappa shape index (κ2) is 4.32. The predicted molar refractivity (Wildman–Crippen MR) is 25.9 cm³/mol. The first kappa shape index (κ1) is 8.42. The fraction of sp³-hybridized carbons (Fsp3) is 0. The van der Waals surface area contributed by atoms with Gasteiger partial charge in [-0.15, -0.1) is 17.7 Å². The second-order valence-electron chi connectivity index (χ2n) is 0.955. The van der Waals surface area contributed by atoms with E-state index in [-0.39, 0.29) is 36.4 Å². The first-order chi connectivity index (χ1) is 3.39. The van der Waals surface area contributed by atoms with Gasteiger partial charge >= 0.3 is 0 Å². The van der Waals surface area contributed by atoms with Gasteiger partial charge in [0.15, 0.2) is 0 Å². The van der Waals surface area contributed by atoms with Crippen LogP contribution in [-0.2, 0) is 0 Å². The zero-order valence-electron chi connectivity index (χ0n) is 3.93. The maximum absolute atomic E-state index is 5.29. The molecule has 0 saturated carbocycles. The molecule has 1 aromatic rings. The molecule has 0 saturated heterocycles. The Bertz CT molecular complexity index is 144. The number of hydrogen-bond donors (Lipinski definition) is 0. The third kappa shape index (κ3) is 2.66. The molecule has 4 heteroatoms. The van der Waals surface area contributed by atoms with Gasteiger partial charge in [-0.05, 0) is 0 Å². The summed E-state index contributed by atoms with van der Waals surface area (Å²) in [6, 6.07) is 1.59. The Morgan fingerprint density at radius 1 is 1.62 bits per heavy atom. The van der Waals surface area contributed by atoms with Crippen LogP contribution >= 0.6 is 11.6 Å². The van der Waals surface area contributed by atoms with Crippen molar-refractivity contribution in [1.82, 2.24) is 9.97 Å². The van der Waals surface area contributed by atoms with E-state index >= 15 is 0 Å². The van der Waals surface area contributed by atoms with Crippen molar-refractivity contribution in [3.8, 4) is 0 Å². The molecule has 0 amide bonds. The van der Waals surface area contributed by atoms with E-state index in [2.05, 4.69) is 16.2 Å². The van der Waals surface area contributed by atoms with Crippen LogP contribution in [0.3, 0.4) is 0 Å². The average Bonchev–Trinajstić information content (AvgIpc) is 1.69. The van der Waals surface area contributed by atoms with Crippen molar-refractivity contribution in [2.45, 2.75) is 0 Å². The smallest absolute Gasteiger partial charge is 0.105 e. The van der Waals surface area contributed by atoms with Crippen LogP contribution in [0.5, 0.6) is 0 Å². The molecule has 0 atom stereocenters. The van der Waals surface area contributed by atoms with Crippen molar-refractivity contribution in [3.05, 3.63) is 23.7 Å². The molecule has 0 aliphatic carbocycles. The number of rotatable bonds is 0. The van der Waals surface area contributed by atoms with E-state index in [1.807, 2.05) is 0 Å². The van der Waals surface area contributed by atoms with Crippen LogP contribution in [0.2, 0.25) is 5.28 Å². The molecule has 8 heavy (non-hydrogen) atoms. The number of nitrogens with zero attached hydrogens (tertiary/aromatic N) is 2. The summed E-state index contributed by atoms with van der Waals surface area (Å²) in [6.07, 6.45) is 4.05. The maximum Gasteiger partial charge on any atom is 0.105 e. The Morgan fingerprint density at radius 2 is 2.38 bits per heavy atom. The first-order valence-electron chi connectivity index (χ1n) is 1.74. The minimum absolute atomic E-state index is 0. The quantitative estimate of drug-likeness (QED) is 0.513. The zero-order valence-corrected chi connectivity index (χ0v) is 8.85. The summed E-state index contributed by atoms with van der Waals surface area (Å²) < 4.78 is 0. The molecule has 0 bridgehead atoms. The van der Waals surface area contributed by atoms with Crippen molar-refractivity contribution < 1.29 is 31.1 Å². The van der Waals surface area contributed by atoms with Crippen molar-refractivity contribution in [1.29, 1.82) is 0 Å². The SMILES string of the molecule is Clc1n[c-]ccn1.[U]. The average molecular weight is 352 g/mol. The minimum Gasteiger partial charge on any atom is -0.359 e. The fourth-order valence-electron chi connectivity index (χ4n) is 0.252. The molecule has 1 rings (SSSR count). The number of halogens is 1. The van der Waals surface area contributed by atoms with Gasteiger partial charge in [0.2, 0.25) is 0 Å². The standard InChI is InChI=1S/C4H2ClN2.U/c5-4-6-2-1-3-7-4;/h1-2H;/q-1;. The molecule has 0 N–H and O–H groups in total. The van der Waals surface area contributed by atoms with Gasteiger partial charge in [-0.1, -0.05) is 12.4 Å². The van der Waals surface area contributed by atoms with Crippen molar-refractivity contribution in [3.63, 3.8) is 0 Å². The molecule has 0 spiro atoms. The summed E-state index contributed by atoms with van der Waals surface area (Å²) in [4.78, 5) is 7.11. The number of hydrogen-bond acceptors (Lipinski definition) is 2. The normalized spacial score (nSPS) is 7.62. The van der Waals surface area contributed by atoms with Gasteiger partial charge in [-0.25, -0.2) is 0 Å². The van der Waals surface area contributed by atoms with Crippen LogP contribution in [0.15, 0.2) is 12.3 Å². The van der Waals surface area contributed by atoms with Crippen LogP contribution in [0.25, 0.3) is 0 Å². The summed E-state index contributed by atoms with van der Waals surface area (Å²) in [5.74, 6) is 0. The van der Waals surface area contributed by atoms with Crippen molar-refractivity contribution in [2.75, 3.05) is 0 Å². The van der Waals surface area contributed by atoms with Crippen LogP contribution in [0.4, 0.5) is 0 Å². The molecule has 0 aliphatic rings. The molecule has 1 heterocycles. The Balaban J connectivity index is 0.000000490. The number of aromatic nitrogens is 2. The Labute approximate surface area is 76.1 Å².